The SMILES string of the molecule is COCC(=O)N1CCN([C@H](c2ccccc2)C(F)(F)F)CC1. The van der Waals surface area contributed by atoms with Crippen molar-refractivity contribution in [3.05, 3.63) is 35.9 Å². The molecule has 0 aliphatic carbocycles. The number of halogens is 3. The molecule has 7 heteroatoms. The number of carbonyl (C=O) groups excluding carboxylic acids is 1. The van der Waals surface area contributed by atoms with Crippen molar-refractivity contribution in [2.24, 2.45) is 0 Å². The lowest BCUT2D eigenvalue weighted by Gasteiger charge is -2.40. The maximum atomic E-state index is 13.4. The second-order valence-corrected chi connectivity index (χ2v) is 5.20. The van der Waals surface area contributed by atoms with E-state index in [0.29, 0.717) is 0 Å². The molecule has 0 aromatic heterocycles. The molecule has 0 saturated carbocycles. The van der Waals surface area contributed by atoms with Gasteiger partial charge in [0.05, 0.1) is 0 Å². The molecule has 1 fully saturated rings. The van der Waals surface area contributed by atoms with E-state index in [9.17, 15) is 18.0 Å². The summed E-state index contributed by atoms with van der Waals surface area (Å²) in [5.74, 6) is -0.189. The third-order valence-electron chi connectivity index (χ3n) is 3.73. The zero-order valence-electron chi connectivity index (χ0n) is 12.3. The second kappa shape index (κ2) is 7.11. The van der Waals surface area contributed by atoms with Gasteiger partial charge in [0.15, 0.2) is 0 Å². The average Bonchev–Trinajstić information content (AvgIpc) is 2.48. The first-order valence-corrected chi connectivity index (χ1v) is 7.06. The summed E-state index contributed by atoms with van der Waals surface area (Å²) in [5.41, 5.74) is 0.228. The summed E-state index contributed by atoms with van der Waals surface area (Å²) in [6.45, 7) is 0.896. The molecule has 0 spiro atoms. The molecule has 1 aliphatic heterocycles. The van der Waals surface area contributed by atoms with E-state index in [1.807, 2.05) is 0 Å². The molecule has 1 amide bonds. The number of amides is 1. The number of rotatable bonds is 4. The van der Waals surface area contributed by atoms with E-state index in [0.717, 1.165) is 0 Å². The fourth-order valence-corrected chi connectivity index (χ4v) is 2.69. The minimum Gasteiger partial charge on any atom is -0.375 e. The summed E-state index contributed by atoms with van der Waals surface area (Å²) in [6, 6.07) is 6.24. The molecule has 122 valence electrons. The van der Waals surface area contributed by atoms with Crippen LogP contribution in [0, 0.1) is 0 Å². The number of carbonyl (C=O) groups is 1. The summed E-state index contributed by atoms with van der Waals surface area (Å²) in [5, 5.41) is 0. The van der Waals surface area contributed by atoms with Gasteiger partial charge in [-0.05, 0) is 5.56 Å². The minimum absolute atomic E-state index is 0.0403. The average molecular weight is 316 g/mol. The number of hydrogen-bond acceptors (Lipinski definition) is 3. The van der Waals surface area contributed by atoms with Gasteiger partial charge in [-0.25, -0.2) is 0 Å². The van der Waals surface area contributed by atoms with Gasteiger partial charge in [-0.1, -0.05) is 30.3 Å². The van der Waals surface area contributed by atoms with E-state index in [2.05, 4.69) is 0 Å². The van der Waals surface area contributed by atoms with E-state index in [1.165, 1.54) is 24.1 Å². The van der Waals surface area contributed by atoms with Gasteiger partial charge in [0, 0.05) is 33.3 Å². The van der Waals surface area contributed by atoms with Gasteiger partial charge >= 0.3 is 6.18 Å². The van der Waals surface area contributed by atoms with Crippen molar-refractivity contribution in [2.45, 2.75) is 12.2 Å². The fourth-order valence-electron chi connectivity index (χ4n) is 2.69. The van der Waals surface area contributed by atoms with Gasteiger partial charge in [0.25, 0.3) is 0 Å². The Morgan fingerprint density at radius 3 is 2.27 bits per heavy atom. The molecule has 2 rings (SSSR count). The molecule has 0 radical (unpaired) electrons. The van der Waals surface area contributed by atoms with Crippen molar-refractivity contribution >= 4 is 5.91 Å². The van der Waals surface area contributed by atoms with Crippen molar-refractivity contribution < 1.29 is 22.7 Å². The van der Waals surface area contributed by atoms with Crippen molar-refractivity contribution in [3.8, 4) is 0 Å². The van der Waals surface area contributed by atoms with Gasteiger partial charge in [-0.2, -0.15) is 13.2 Å². The number of nitrogens with zero attached hydrogens (tertiary/aromatic N) is 2. The summed E-state index contributed by atoms with van der Waals surface area (Å²) in [4.78, 5) is 14.6. The predicted molar refractivity (Wildman–Crippen MR) is 75.3 cm³/mol. The maximum Gasteiger partial charge on any atom is 0.408 e. The Bertz CT molecular complexity index is 485. The smallest absolute Gasteiger partial charge is 0.375 e. The van der Waals surface area contributed by atoms with Gasteiger partial charge in [-0.15, -0.1) is 0 Å². The highest BCUT2D eigenvalue weighted by Gasteiger charge is 2.45. The highest BCUT2D eigenvalue weighted by molar-refractivity contribution is 5.77. The van der Waals surface area contributed by atoms with Crippen LogP contribution in [0.1, 0.15) is 11.6 Å². The van der Waals surface area contributed by atoms with E-state index in [4.69, 9.17) is 4.74 Å². The lowest BCUT2D eigenvalue weighted by Crippen LogP contribution is -2.52. The first-order valence-electron chi connectivity index (χ1n) is 7.06. The fraction of sp³-hybridized carbons (Fsp3) is 0.533. The van der Waals surface area contributed by atoms with Crippen LogP contribution in [0.3, 0.4) is 0 Å². The lowest BCUT2D eigenvalue weighted by atomic mass is 10.0. The van der Waals surface area contributed by atoms with Gasteiger partial charge in [0.2, 0.25) is 5.91 Å². The normalized spacial score (nSPS) is 18.3. The van der Waals surface area contributed by atoms with Crippen LogP contribution in [0.25, 0.3) is 0 Å². The molecule has 1 saturated heterocycles. The van der Waals surface area contributed by atoms with Gasteiger partial charge < -0.3 is 9.64 Å². The van der Waals surface area contributed by atoms with Crippen LogP contribution in [0.2, 0.25) is 0 Å². The number of alkyl halides is 3. The third-order valence-corrected chi connectivity index (χ3v) is 3.73. The summed E-state index contributed by atoms with van der Waals surface area (Å²) >= 11 is 0. The van der Waals surface area contributed by atoms with Gasteiger partial charge in [-0.3, -0.25) is 9.69 Å². The molecule has 0 unspecified atom stereocenters. The molecule has 0 N–H and O–H groups in total. The Balaban J connectivity index is 2.08. The monoisotopic (exact) mass is 316 g/mol. The molecule has 4 nitrogen and oxygen atoms in total. The predicted octanol–water partition coefficient (Wildman–Crippen LogP) is 2.08. The van der Waals surface area contributed by atoms with Crippen molar-refractivity contribution in [1.82, 2.24) is 9.80 Å². The van der Waals surface area contributed by atoms with Crippen LogP contribution in [-0.2, 0) is 9.53 Å². The minimum atomic E-state index is -4.35. The van der Waals surface area contributed by atoms with Crippen LogP contribution in [0.4, 0.5) is 13.2 Å². The standard InChI is InChI=1S/C15H19F3N2O2/c1-22-11-13(21)19-7-9-20(10-8-19)14(15(16,17)18)12-5-3-2-4-6-12/h2-6,14H,7-11H2,1H3/t14-/m1/s1. The van der Waals surface area contributed by atoms with Crippen molar-refractivity contribution in [1.29, 1.82) is 0 Å². The largest absolute Gasteiger partial charge is 0.408 e. The van der Waals surface area contributed by atoms with Gasteiger partial charge in [0.1, 0.15) is 12.6 Å². The number of ether oxygens (including phenoxy) is 1. The molecule has 22 heavy (non-hydrogen) atoms. The highest BCUT2D eigenvalue weighted by Crippen LogP contribution is 2.37. The topological polar surface area (TPSA) is 32.8 Å². The first kappa shape index (κ1) is 16.8. The molecule has 1 heterocycles. The molecular formula is C15H19F3N2O2. The van der Waals surface area contributed by atoms with Crippen molar-refractivity contribution in [2.75, 3.05) is 39.9 Å². The Kier molecular flexibility index (Phi) is 5.42. The van der Waals surface area contributed by atoms with Crippen molar-refractivity contribution in [3.63, 3.8) is 0 Å². The van der Waals surface area contributed by atoms with Crippen LogP contribution in [0.15, 0.2) is 30.3 Å². The van der Waals surface area contributed by atoms with Crippen LogP contribution in [-0.4, -0.2) is 61.8 Å². The number of benzene rings is 1. The maximum absolute atomic E-state index is 13.4. The Morgan fingerprint density at radius 1 is 1.18 bits per heavy atom. The molecule has 0 bridgehead atoms. The van der Waals surface area contributed by atoms with Crippen LogP contribution < -0.4 is 0 Å². The third kappa shape index (κ3) is 3.98. The van der Waals surface area contributed by atoms with Crippen LogP contribution in [0.5, 0.6) is 0 Å². The summed E-state index contributed by atoms with van der Waals surface area (Å²) in [7, 11) is 1.42. The Morgan fingerprint density at radius 2 is 1.77 bits per heavy atom. The number of piperazine rings is 1. The number of hydrogen-bond donors (Lipinski definition) is 0. The lowest BCUT2D eigenvalue weighted by molar-refractivity contribution is -0.190. The Hall–Kier alpha value is -1.60. The van der Waals surface area contributed by atoms with E-state index in [-0.39, 0.29) is 44.3 Å². The van der Waals surface area contributed by atoms with Crippen LogP contribution >= 0.6 is 0 Å². The molecular weight excluding hydrogens is 297 g/mol. The van der Waals surface area contributed by atoms with E-state index in [1.54, 1.807) is 23.1 Å². The second-order valence-electron chi connectivity index (χ2n) is 5.20. The molecule has 1 aromatic carbocycles. The zero-order chi connectivity index (χ0) is 16.2. The summed E-state index contributed by atoms with van der Waals surface area (Å²) in [6.07, 6.45) is -4.35. The summed E-state index contributed by atoms with van der Waals surface area (Å²) < 4.78 is 45.0. The molecule has 1 aromatic rings. The zero-order valence-corrected chi connectivity index (χ0v) is 12.3. The first-order chi connectivity index (χ1) is 10.4. The molecule has 1 atom stereocenters. The van der Waals surface area contributed by atoms with E-state index < -0.39 is 12.2 Å². The molecule has 1 aliphatic rings. The quantitative estimate of drug-likeness (QED) is 0.853. The Labute approximate surface area is 127 Å². The number of methoxy groups -OCH3 is 1. The van der Waals surface area contributed by atoms with E-state index >= 15 is 0 Å². The highest BCUT2D eigenvalue weighted by atomic mass is 19.4.